The molecule has 2 atom stereocenters. The summed E-state index contributed by atoms with van der Waals surface area (Å²) < 4.78 is 0. The van der Waals surface area contributed by atoms with E-state index < -0.39 is 0 Å². The van der Waals surface area contributed by atoms with E-state index in [0.717, 1.165) is 38.6 Å². The van der Waals surface area contributed by atoms with Crippen LogP contribution in [0.1, 0.15) is 39.0 Å². The Hall–Kier alpha value is -0.610. The Kier molecular flexibility index (Phi) is 3.50. The van der Waals surface area contributed by atoms with Gasteiger partial charge in [-0.15, -0.1) is 0 Å². The van der Waals surface area contributed by atoms with Gasteiger partial charge in [0.05, 0.1) is 11.6 Å². The van der Waals surface area contributed by atoms with Gasteiger partial charge in [0.15, 0.2) is 0 Å². The Morgan fingerprint density at radius 2 is 2.44 bits per heavy atom. The van der Waals surface area contributed by atoms with E-state index in [-0.39, 0.29) is 17.6 Å². The average Bonchev–Trinajstić information content (AvgIpc) is 2.87. The maximum Gasteiger partial charge on any atom is 0.242 e. The SMILES string of the molecule is CCCC1(C(=O)N2CC[C@H](O)C2)CCCN1. The van der Waals surface area contributed by atoms with Gasteiger partial charge in [-0.3, -0.25) is 4.79 Å². The maximum absolute atomic E-state index is 12.5. The molecule has 0 aliphatic carbocycles. The van der Waals surface area contributed by atoms with Crippen molar-refractivity contribution < 1.29 is 9.90 Å². The number of carbonyl (C=O) groups excluding carboxylic acids is 1. The Labute approximate surface area is 97.0 Å². The summed E-state index contributed by atoms with van der Waals surface area (Å²) in [6, 6.07) is 0. The summed E-state index contributed by atoms with van der Waals surface area (Å²) in [5.74, 6) is 0.211. The monoisotopic (exact) mass is 226 g/mol. The average molecular weight is 226 g/mol. The molecule has 4 heteroatoms. The molecule has 2 N–H and O–H groups in total. The zero-order chi connectivity index (χ0) is 11.6. The third-order valence-electron chi connectivity index (χ3n) is 3.78. The van der Waals surface area contributed by atoms with Crippen LogP contribution in [-0.4, -0.2) is 47.2 Å². The first kappa shape index (κ1) is 11.9. The van der Waals surface area contributed by atoms with E-state index in [1.807, 2.05) is 4.90 Å². The number of hydrogen-bond donors (Lipinski definition) is 2. The summed E-state index contributed by atoms with van der Waals surface area (Å²) in [7, 11) is 0. The highest BCUT2D eigenvalue weighted by molar-refractivity contribution is 5.87. The van der Waals surface area contributed by atoms with Crippen LogP contribution in [0.2, 0.25) is 0 Å². The van der Waals surface area contributed by atoms with Crippen molar-refractivity contribution >= 4 is 5.91 Å². The quantitative estimate of drug-likeness (QED) is 0.737. The van der Waals surface area contributed by atoms with Crippen LogP contribution >= 0.6 is 0 Å². The summed E-state index contributed by atoms with van der Waals surface area (Å²) in [5, 5.41) is 12.9. The molecular formula is C12H22N2O2. The van der Waals surface area contributed by atoms with Gasteiger partial charge < -0.3 is 15.3 Å². The number of rotatable bonds is 3. The molecule has 1 amide bonds. The van der Waals surface area contributed by atoms with Crippen LogP contribution in [-0.2, 0) is 4.79 Å². The van der Waals surface area contributed by atoms with Crippen molar-refractivity contribution in [3.05, 3.63) is 0 Å². The van der Waals surface area contributed by atoms with Crippen molar-refractivity contribution in [1.29, 1.82) is 0 Å². The number of amides is 1. The lowest BCUT2D eigenvalue weighted by Gasteiger charge is -2.32. The number of hydrogen-bond acceptors (Lipinski definition) is 3. The molecule has 4 nitrogen and oxygen atoms in total. The molecule has 2 aliphatic heterocycles. The highest BCUT2D eigenvalue weighted by atomic mass is 16.3. The molecule has 92 valence electrons. The molecule has 2 rings (SSSR count). The highest BCUT2D eigenvalue weighted by Gasteiger charge is 2.43. The number of aliphatic hydroxyl groups excluding tert-OH is 1. The van der Waals surface area contributed by atoms with Crippen LogP contribution in [0.5, 0.6) is 0 Å². The largest absolute Gasteiger partial charge is 0.391 e. The molecule has 2 aliphatic rings. The number of β-amino-alcohol motifs (C(OH)–C–C–N with tert-alkyl or cyclic N) is 1. The van der Waals surface area contributed by atoms with Gasteiger partial charge in [-0.25, -0.2) is 0 Å². The summed E-state index contributed by atoms with van der Waals surface area (Å²) in [6.07, 6.45) is 4.39. The molecular weight excluding hydrogens is 204 g/mol. The molecule has 0 aromatic rings. The number of aliphatic hydroxyl groups is 1. The van der Waals surface area contributed by atoms with Crippen molar-refractivity contribution in [2.24, 2.45) is 0 Å². The molecule has 0 radical (unpaired) electrons. The standard InChI is InChI=1S/C12H22N2O2/c1-2-5-12(6-3-7-13-12)11(16)14-8-4-10(15)9-14/h10,13,15H,2-9H2,1H3/t10-,12?/m0/s1. The second-order valence-electron chi connectivity index (χ2n) is 5.06. The summed E-state index contributed by atoms with van der Waals surface area (Å²) >= 11 is 0. The minimum Gasteiger partial charge on any atom is -0.391 e. The second kappa shape index (κ2) is 4.72. The van der Waals surface area contributed by atoms with Crippen LogP contribution in [0.4, 0.5) is 0 Å². The molecule has 0 aromatic carbocycles. The lowest BCUT2D eigenvalue weighted by atomic mass is 9.90. The summed E-state index contributed by atoms with van der Waals surface area (Å²) in [5.41, 5.74) is -0.321. The fraction of sp³-hybridized carbons (Fsp3) is 0.917. The Morgan fingerprint density at radius 1 is 1.62 bits per heavy atom. The zero-order valence-electron chi connectivity index (χ0n) is 10.0. The Morgan fingerprint density at radius 3 is 2.94 bits per heavy atom. The van der Waals surface area contributed by atoms with Crippen molar-refractivity contribution in [3.8, 4) is 0 Å². The Balaban J connectivity index is 2.05. The molecule has 2 fully saturated rings. The normalized spacial score (nSPS) is 34.6. The van der Waals surface area contributed by atoms with E-state index in [2.05, 4.69) is 12.2 Å². The molecule has 1 unspecified atom stereocenters. The summed E-state index contributed by atoms with van der Waals surface area (Å²) in [4.78, 5) is 14.3. The van der Waals surface area contributed by atoms with Crippen LogP contribution in [0.15, 0.2) is 0 Å². The summed E-state index contributed by atoms with van der Waals surface area (Å²) in [6.45, 7) is 4.30. The maximum atomic E-state index is 12.5. The number of carbonyl (C=O) groups is 1. The fourth-order valence-corrected chi connectivity index (χ4v) is 2.96. The van der Waals surface area contributed by atoms with Crippen molar-refractivity contribution in [1.82, 2.24) is 10.2 Å². The molecule has 16 heavy (non-hydrogen) atoms. The van der Waals surface area contributed by atoms with Crippen molar-refractivity contribution in [3.63, 3.8) is 0 Å². The first-order valence-electron chi connectivity index (χ1n) is 6.40. The van der Waals surface area contributed by atoms with Gasteiger partial charge in [0.2, 0.25) is 5.91 Å². The minimum absolute atomic E-state index is 0.211. The van der Waals surface area contributed by atoms with Gasteiger partial charge in [-0.2, -0.15) is 0 Å². The van der Waals surface area contributed by atoms with Gasteiger partial charge in [0.1, 0.15) is 0 Å². The first-order valence-corrected chi connectivity index (χ1v) is 6.40. The molecule has 2 heterocycles. The van der Waals surface area contributed by atoms with E-state index in [9.17, 15) is 9.90 Å². The topological polar surface area (TPSA) is 52.6 Å². The van der Waals surface area contributed by atoms with Crippen LogP contribution in [0.25, 0.3) is 0 Å². The predicted molar refractivity (Wildman–Crippen MR) is 62.1 cm³/mol. The van der Waals surface area contributed by atoms with Crippen LogP contribution in [0.3, 0.4) is 0 Å². The Bertz CT molecular complexity index is 262. The van der Waals surface area contributed by atoms with E-state index in [1.54, 1.807) is 0 Å². The minimum atomic E-state index is -0.321. The number of likely N-dealkylation sites (tertiary alicyclic amines) is 1. The first-order chi connectivity index (χ1) is 7.68. The van der Waals surface area contributed by atoms with Gasteiger partial charge in [0.25, 0.3) is 0 Å². The fourth-order valence-electron chi connectivity index (χ4n) is 2.96. The second-order valence-corrected chi connectivity index (χ2v) is 5.06. The number of nitrogens with one attached hydrogen (secondary N) is 1. The van der Waals surface area contributed by atoms with Gasteiger partial charge in [-0.05, 0) is 32.2 Å². The molecule has 2 saturated heterocycles. The van der Waals surface area contributed by atoms with Crippen LogP contribution in [0, 0.1) is 0 Å². The third-order valence-corrected chi connectivity index (χ3v) is 3.78. The molecule has 0 bridgehead atoms. The van der Waals surface area contributed by atoms with Crippen LogP contribution < -0.4 is 5.32 Å². The smallest absolute Gasteiger partial charge is 0.242 e. The zero-order valence-corrected chi connectivity index (χ0v) is 10.0. The van der Waals surface area contributed by atoms with Crippen molar-refractivity contribution in [2.45, 2.75) is 50.7 Å². The molecule has 0 aromatic heterocycles. The third kappa shape index (κ3) is 2.09. The lowest BCUT2D eigenvalue weighted by Crippen LogP contribution is -2.54. The van der Waals surface area contributed by atoms with E-state index in [4.69, 9.17) is 0 Å². The molecule has 0 saturated carbocycles. The van der Waals surface area contributed by atoms with Gasteiger partial charge in [-0.1, -0.05) is 13.3 Å². The lowest BCUT2D eigenvalue weighted by molar-refractivity contribution is -0.137. The molecule has 0 spiro atoms. The number of nitrogens with zero attached hydrogens (tertiary/aromatic N) is 1. The van der Waals surface area contributed by atoms with E-state index in [0.29, 0.717) is 13.1 Å². The van der Waals surface area contributed by atoms with Crippen molar-refractivity contribution in [2.75, 3.05) is 19.6 Å². The highest BCUT2D eigenvalue weighted by Crippen LogP contribution is 2.28. The van der Waals surface area contributed by atoms with Gasteiger partial charge in [0, 0.05) is 13.1 Å². The van der Waals surface area contributed by atoms with Gasteiger partial charge >= 0.3 is 0 Å². The van der Waals surface area contributed by atoms with E-state index in [1.165, 1.54) is 0 Å². The predicted octanol–water partition coefficient (Wildman–Crippen LogP) is 0.502. The van der Waals surface area contributed by atoms with E-state index >= 15 is 0 Å².